The molecule has 0 spiro atoms. The van der Waals surface area contributed by atoms with Gasteiger partial charge in [0, 0.05) is 25.2 Å². The van der Waals surface area contributed by atoms with E-state index in [-0.39, 0.29) is 30.3 Å². The predicted octanol–water partition coefficient (Wildman–Crippen LogP) is 5.55. The Labute approximate surface area is 204 Å². The molecular weight excluding hydrogens is 432 g/mol. The van der Waals surface area contributed by atoms with Crippen molar-refractivity contribution in [3.05, 3.63) is 65.7 Å². The van der Waals surface area contributed by atoms with Gasteiger partial charge in [-0.1, -0.05) is 62.7 Å². The first kappa shape index (κ1) is 26.6. The van der Waals surface area contributed by atoms with Crippen LogP contribution in [0.5, 0.6) is 5.75 Å². The Balaban J connectivity index is 1.80. The normalized spacial score (nSPS) is 23.3. The smallest absolute Gasteiger partial charge is 0.184 e. The van der Waals surface area contributed by atoms with E-state index in [0.29, 0.717) is 19.8 Å². The Morgan fingerprint density at radius 2 is 1.74 bits per heavy atom. The zero-order chi connectivity index (χ0) is 24.3. The summed E-state index contributed by atoms with van der Waals surface area (Å²) < 4.78 is 36.6. The van der Waals surface area contributed by atoms with Gasteiger partial charge in [0.2, 0.25) is 0 Å². The van der Waals surface area contributed by atoms with Gasteiger partial charge in [-0.2, -0.15) is 0 Å². The van der Waals surface area contributed by atoms with Gasteiger partial charge in [-0.05, 0) is 31.0 Å². The van der Waals surface area contributed by atoms with Crippen LogP contribution < -0.4 is 4.74 Å². The standard InChI is InChI=1S/C28H40O6/c1-6-7-17-31-27(25-20(2)18-33-28(34-25)23-11-9-8-10-12-23)26(21(3)29-4)32-19-22-13-15-24(30-5)16-14-22/h8-16,20-21,25-28H,6-7,17-19H2,1-5H3/t20?,21-,25+,26?,27?,28?/m0/s1. The van der Waals surface area contributed by atoms with Crippen molar-refractivity contribution in [2.45, 2.75) is 70.9 Å². The van der Waals surface area contributed by atoms with Crippen molar-refractivity contribution in [3.8, 4) is 5.75 Å². The van der Waals surface area contributed by atoms with Crippen LogP contribution >= 0.6 is 0 Å². The van der Waals surface area contributed by atoms with E-state index in [0.717, 1.165) is 29.7 Å². The maximum Gasteiger partial charge on any atom is 0.184 e. The van der Waals surface area contributed by atoms with E-state index in [1.165, 1.54) is 0 Å². The second-order valence-corrected chi connectivity index (χ2v) is 8.91. The summed E-state index contributed by atoms with van der Waals surface area (Å²) in [5.41, 5.74) is 2.06. The first-order chi connectivity index (χ1) is 16.6. The van der Waals surface area contributed by atoms with Crippen molar-refractivity contribution >= 4 is 0 Å². The second kappa shape index (κ2) is 13.8. The van der Waals surface area contributed by atoms with Gasteiger partial charge in [0.05, 0.1) is 32.5 Å². The van der Waals surface area contributed by atoms with Gasteiger partial charge in [0.1, 0.15) is 18.0 Å². The largest absolute Gasteiger partial charge is 0.497 e. The molecule has 0 N–H and O–H groups in total. The van der Waals surface area contributed by atoms with Gasteiger partial charge >= 0.3 is 0 Å². The number of methoxy groups -OCH3 is 2. The van der Waals surface area contributed by atoms with Crippen molar-refractivity contribution in [1.29, 1.82) is 0 Å². The minimum absolute atomic E-state index is 0.141. The zero-order valence-corrected chi connectivity index (χ0v) is 21.1. The molecule has 1 aliphatic heterocycles. The fourth-order valence-corrected chi connectivity index (χ4v) is 4.12. The Morgan fingerprint density at radius 1 is 1.00 bits per heavy atom. The molecule has 2 aromatic rings. The summed E-state index contributed by atoms with van der Waals surface area (Å²) in [7, 11) is 3.37. The highest BCUT2D eigenvalue weighted by Gasteiger charge is 2.42. The molecule has 1 saturated heterocycles. The highest BCUT2D eigenvalue weighted by atomic mass is 16.7. The molecule has 0 aromatic heterocycles. The van der Waals surface area contributed by atoms with Crippen molar-refractivity contribution in [3.63, 3.8) is 0 Å². The summed E-state index contributed by atoms with van der Waals surface area (Å²) in [6, 6.07) is 18.0. The molecule has 1 heterocycles. The summed E-state index contributed by atoms with van der Waals surface area (Å²) in [4.78, 5) is 0. The molecule has 4 unspecified atom stereocenters. The summed E-state index contributed by atoms with van der Waals surface area (Å²) in [5, 5.41) is 0. The van der Waals surface area contributed by atoms with Gasteiger partial charge in [-0.3, -0.25) is 0 Å². The van der Waals surface area contributed by atoms with Crippen molar-refractivity contribution in [2.75, 3.05) is 27.4 Å². The van der Waals surface area contributed by atoms with E-state index < -0.39 is 6.29 Å². The quantitative estimate of drug-likeness (QED) is 0.356. The first-order valence-electron chi connectivity index (χ1n) is 12.3. The van der Waals surface area contributed by atoms with Crippen LogP contribution in [0.4, 0.5) is 0 Å². The molecule has 2 aromatic carbocycles. The first-order valence-corrected chi connectivity index (χ1v) is 12.3. The number of rotatable bonds is 13. The lowest BCUT2D eigenvalue weighted by Gasteiger charge is -2.42. The Hall–Kier alpha value is -1.96. The van der Waals surface area contributed by atoms with Gasteiger partial charge in [-0.15, -0.1) is 0 Å². The number of hydrogen-bond acceptors (Lipinski definition) is 6. The highest BCUT2D eigenvalue weighted by molar-refractivity contribution is 5.26. The summed E-state index contributed by atoms with van der Waals surface area (Å²) >= 11 is 0. The molecular formula is C28H40O6. The van der Waals surface area contributed by atoms with Crippen LogP contribution in [0.2, 0.25) is 0 Å². The van der Waals surface area contributed by atoms with Crippen LogP contribution in [-0.2, 0) is 30.3 Å². The molecule has 0 saturated carbocycles. The molecule has 1 aliphatic rings. The number of ether oxygens (including phenoxy) is 6. The predicted molar refractivity (Wildman–Crippen MR) is 132 cm³/mol. The van der Waals surface area contributed by atoms with E-state index >= 15 is 0 Å². The van der Waals surface area contributed by atoms with Crippen molar-refractivity contribution in [1.82, 2.24) is 0 Å². The molecule has 6 nitrogen and oxygen atoms in total. The number of unbranched alkanes of at least 4 members (excludes halogenated alkanes) is 1. The molecule has 34 heavy (non-hydrogen) atoms. The fourth-order valence-electron chi connectivity index (χ4n) is 4.12. The van der Waals surface area contributed by atoms with E-state index in [9.17, 15) is 0 Å². The minimum atomic E-state index is -0.431. The van der Waals surface area contributed by atoms with Crippen LogP contribution in [0.15, 0.2) is 54.6 Å². The second-order valence-electron chi connectivity index (χ2n) is 8.91. The topological polar surface area (TPSA) is 55.4 Å². The summed E-state index contributed by atoms with van der Waals surface area (Å²) in [6.45, 7) is 7.99. The molecule has 6 heteroatoms. The SMILES string of the molecule is CCCCOC(C(OCc1ccc(OC)cc1)[C@H](C)OC)[C@@H]1OC(c2ccccc2)OCC1C. The highest BCUT2D eigenvalue weighted by Crippen LogP contribution is 2.34. The number of benzene rings is 2. The third-order valence-corrected chi connectivity index (χ3v) is 6.32. The van der Waals surface area contributed by atoms with E-state index in [1.807, 2.05) is 61.5 Å². The lowest BCUT2D eigenvalue weighted by molar-refractivity contribution is -0.281. The lowest BCUT2D eigenvalue weighted by Crippen LogP contribution is -2.53. The third kappa shape index (κ3) is 7.27. The minimum Gasteiger partial charge on any atom is -0.497 e. The molecule has 0 amide bonds. The molecule has 0 bridgehead atoms. The molecule has 6 atom stereocenters. The lowest BCUT2D eigenvalue weighted by atomic mass is 9.93. The van der Waals surface area contributed by atoms with Crippen molar-refractivity contribution in [2.24, 2.45) is 5.92 Å². The molecule has 188 valence electrons. The van der Waals surface area contributed by atoms with Crippen LogP contribution in [-0.4, -0.2) is 51.8 Å². The van der Waals surface area contributed by atoms with Gasteiger partial charge < -0.3 is 28.4 Å². The summed E-state index contributed by atoms with van der Waals surface area (Å²) in [6.07, 6.45) is 0.604. The van der Waals surface area contributed by atoms with Gasteiger partial charge in [-0.25, -0.2) is 0 Å². The Kier molecular flexibility index (Phi) is 10.8. The van der Waals surface area contributed by atoms with Gasteiger partial charge in [0.25, 0.3) is 0 Å². The van der Waals surface area contributed by atoms with Crippen LogP contribution in [0, 0.1) is 5.92 Å². The molecule has 1 fully saturated rings. The average molecular weight is 473 g/mol. The van der Waals surface area contributed by atoms with Crippen molar-refractivity contribution < 1.29 is 28.4 Å². The van der Waals surface area contributed by atoms with E-state index in [4.69, 9.17) is 28.4 Å². The zero-order valence-electron chi connectivity index (χ0n) is 21.1. The monoisotopic (exact) mass is 472 g/mol. The maximum atomic E-state index is 6.54. The fraction of sp³-hybridized carbons (Fsp3) is 0.571. The maximum absolute atomic E-state index is 6.54. The molecule has 3 rings (SSSR count). The average Bonchev–Trinajstić information content (AvgIpc) is 2.89. The Bertz CT molecular complexity index is 811. The molecule has 0 radical (unpaired) electrons. The van der Waals surface area contributed by atoms with E-state index in [1.54, 1.807) is 14.2 Å². The van der Waals surface area contributed by atoms with Crippen LogP contribution in [0.1, 0.15) is 51.0 Å². The van der Waals surface area contributed by atoms with Crippen LogP contribution in [0.25, 0.3) is 0 Å². The summed E-state index contributed by atoms with van der Waals surface area (Å²) in [5.74, 6) is 0.963. The Morgan fingerprint density at radius 3 is 2.38 bits per heavy atom. The third-order valence-electron chi connectivity index (χ3n) is 6.32. The van der Waals surface area contributed by atoms with Crippen LogP contribution in [0.3, 0.4) is 0 Å². The van der Waals surface area contributed by atoms with Gasteiger partial charge in [0.15, 0.2) is 6.29 Å². The van der Waals surface area contributed by atoms with E-state index in [2.05, 4.69) is 13.8 Å². The molecule has 0 aliphatic carbocycles. The number of hydrogen-bond donors (Lipinski definition) is 0.